The third-order valence-corrected chi connectivity index (χ3v) is 11.7. The number of unbranched alkanes of at least 4 members (excludes halogenated alkanes) is 28. The van der Waals surface area contributed by atoms with E-state index in [9.17, 15) is 19.4 Å². The van der Waals surface area contributed by atoms with Crippen molar-refractivity contribution in [2.75, 3.05) is 40.9 Å². The highest BCUT2D eigenvalue weighted by Gasteiger charge is 2.27. The van der Waals surface area contributed by atoms with E-state index >= 15 is 0 Å². The van der Waals surface area contributed by atoms with Crippen LogP contribution in [-0.2, 0) is 18.4 Å². The van der Waals surface area contributed by atoms with Crippen molar-refractivity contribution in [3.05, 3.63) is 24.3 Å². The van der Waals surface area contributed by atoms with Crippen molar-refractivity contribution in [2.24, 2.45) is 0 Å². The molecule has 0 aromatic carbocycles. The van der Waals surface area contributed by atoms with Gasteiger partial charge >= 0.3 is 7.82 Å². The van der Waals surface area contributed by atoms with Crippen LogP contribution in [0.3, 0.4) is 0 Å². The molecule has 9 heteroatoms. The molecule has 1 amide bonds. The monoisotopic (exact) mass is 814 g/mol. The van der Waals surface area contributed by atoms with Gasteiger partial charge in [0.05, 0.1) is 39.9 Å². The number of hydrogen-bond acceptors (Lipinski definition) is 5. The number of rotatable bonds is 43. The molecule has 0 saturated heterocycles. The van der Waals surface area contributed by atoms with Gasteiger partial charge in [-0.1, -0.05) is 205 Å². The van der Waals surface area contributed by atoms with E-state index in [0.29, 0.717) is 17.4 Å². The van der Waals surface area contributed by atoms with E-state index in [0.717, 1.165) is 38.5 Å². The van der Waals surface area contributed by atoms with Crippen LogP contribution in [0, 0.1) is 0 Å². The van der Waals surface area contributed by atoms with Gasteiger partial charge in [0.1, 0.15) is 13.2 Å². The zero-order chi connectivity index (χ0) is 41.4. The summed E-state index contributed by atoms with van der Waals surface area (Å²) in [5.41, 5.74) is 0. The molecule has 0 aromatic rings. The second-order valence-corrected chi connectivity index (χ2v) is 18.9. The lowest BCUT2D eigenvalue weighted by molar-refractivity contribution is -0.870. The standard InChI is InChI=1S/C47H93N2O6P/c1-6-8-10-12-14-16-18-19-20-21-22-23-24-25-26-27-28-29-31-32-34-36-38-40-46(50)45(44-55-56(52,53)54-43-42-49(3,4)5)48-47(51)41-39-37-35-33-30-17-15-13-11-9-7-2/h31-32,38,40,45-46,50H,6-30,33-37,39,41-44H2,1-5H3,(H-,48,51,52,53)/p+1/b32-31+,40-38+. The highest BCUT2D eigenvalue weighted by molar-refractivity contribution is 7.47. The number of phosphoric ester groups is 1. The van der Waals surface area contributed by atoms with Crippen molar-refractivity contribution in [1.29, 1.82) is 0 Å². The van der Waals surface area contributed by atoms with Crippen molar-refractivity contribution >= 4 is 13.7 Å². The first-order valence-electron chi connectivity index (χ1n) is 23.7. The number of hydrogen-bond donors (Lipinski definition) is 3. The summed E-state index contributed by atoms with van der Waals surface area (Å²) in [6.45, 7) is 4.79. The lowest BCUT2D eigenvalue weighted by Gasteiger charge is -2.25. The van der Waals surface area contributed by atoms with Crippen molar-refractivity contribution in [3.63, 3.8) is 0 Å². The fourth-order valence-corrected chi connectivity index (χ4v) is 7.62. The molecule has 0 aliphatic carbocycles. The zero-order valence-corrected chi connectivity index (χ0v) is 38.5. The largest absolute Gasteiger partial charge is 0.472 e. The van der Waals surface area contributed by atoms with Gasteiger partial charge in [0.25, 0.3) is 0 Å². The molecule has 0 saturated carbocycles. The summed E-state index contributed by atoms with van der Waals surface area (Å²) in [5.74, 6) is -0.187. The van der Waals surface area contributed by atoms with E-state index in [1.54, 1.807) is 6.08 Å². The molecule has 0 spiro atoms. The topological polar surface area (TPSA) is 105 Å². The van der Waals surface area contributed by atoms with Gasteiger partial charge in [0.15, 0.2) is 0 Å². The summed E-state index contributed by atoms with van der Waals surface area (Å²) in [4.78, 5) is 23.1. The molecule has 3 N–H and O–H groups in total. The highest BCUT2D eigenvalue weighted by atomic mass is 31.2. The number of nitrogens with one attached hydrogen (secondary N) is 1. The number of amides is 1. The Kier molecular flexibility index (Phi) is 38.7. The average molecular weight is 814 g/mol. The van der Waals surface area contributed by atoms with Crippen LogP contribution in [-0.4, -0.2) is 73.4 Å². The van der Waals surface area contributed by atoms with Crippen LogP contribution < -0.4 is 5.32 Å². The summed E-state index contributed by atoms with van der Waals surface area (Å²) in [5, 5.41) is 13.8. The Morgan fingerprint density at radius 1 is 0.589 bits per heavy atom. The third-order valence-electron chi connectivity index (χ3n) is 10.7. The lowest BCUT2D eigenvalue weighted by Crippen LogP contribution is -2.45. The van der Waals surface area contributed by atoms with E-state index in [-0.39, 0.29) is 19.1 Å². The van der Waals surface area contributed by atoms with E-state index < -0.39 is 20.0 Å². The molecular weight excluding hydrogens is 719 g/mol. The Balaban J connectivity index is 4.32. The molecule has 0 rings (SSSR count). The highest BCUT2D eigenvalue weighted by Crippen LogP contribution is 2.43. The number of carbonyl (C=O) groups excluding carboxylic acids is 1. The van der Waals surface area contributed by atoms with Gasteiger partial charge in [-0.25, -0.2) is 4.57 Å². The van der Waals surface area contributed by atoms with Crippen molar-refractivity contribution in [2.45, 2.75) is 231 Å². The molecule has 0 aliphatic heterocycles. The first-order valence-corrected chi connectivity index (χ1v) is 25.2. The Morgan fingerprint density at radius 3 is 1.43 bits per heavy atom. The van der Waals surface area contributed by atoms with Gasteiger partial charge in [-0.2, -0.15) is 0 Å². The predicted octanol–water partition coefficient (Wildman–Crippen LogP) is 13.3. The first kappa shape index (κ1) is 55.0. The number of quaternary nitrogens is 1. The summed E-state index contributed by atoms with van der Waals surface area (Å²) >= 11 is 0. The van der Waals surface area contributed by atoms with Gasteiger partial charge in [0, 0.05) is 6.42 Å². The Morgan fingerprint density at radius 2 is 0.982 bits per heavy atom. The van der Waals surface area contributed by atoms with E-state index in [1.807, 2.05) is 27.2 Å². The van der Waals surface area contributed by atoms with Crippen LogP contribution >= 0.6 is 7.82 Å². The molecule has 0 heterocycles. The number of carbonyl (C=O) groups is 1. The van der Waals surface area contributed by atoms with Crippen molar-refractivity contribution in [1.82, 2.24) is 5.32 Å². The summed E-state index contributed by atoms with van der Waals surface area (Å²) in [7, 11) is 1.56. The fourth-order valence-electron chi connectivity index (χ4n) is 6.88. The van der Waals surface area contributed by atoms with Crippen LogP contribution in [0.4, 0.5) is 0 Å². The molecule has 0 aromatic heterocycles. The Bertz CT molecular complexity index is 969. The van der Waals surface area contributed by atoms with Crippen LogP contribution in [0.25, 0.3) is 0 Å². The fraction of sp³-hybridized carbons (Fsp3) is 0.894. The Labute approximate surface area is 347 Å². The predicted molar refractivity (Wildman–Crippen MR) is 240 cm³/mol. The molecule has 0 aliphatic rings. The van der Waals surface area contributed by atoms with E-state index in [4.69, 9.17) is 9.05 Å². The summed E-state index contributed by atoms with van der Waals surface area (Å²) < 4.78 is 23.5. The number of aliphatic hydroxyl groups excluding tert-OH is 1. The van der Waals surface area contributed by atoms with Gasteiger partial charge in [0.2, 0.25) is 5.91 Å². The SMILES string of the molecule is CCCCCCCCCCCCCCCCCCC/C=C/CC/C=C/C(O)C(COP(=O)(O)OCC[N+](C)(C)C)NC(=O)CCCCCCCCCCCCC. The van der Waals surface area contributed by atoms with E-state index in [2.05, 4.69) is 31.3 Å². The van der Waals surface area contributed by atoms with Gasteiger partial charge in [-0.05, 0) is 32.1 Å². The van der Waals surface area contributed by atoms with Crippen LogP contribution in [0.2, 0.25) is 0 Å². The summed E-state index contributed by atoms with van der Waals surface area (Å²) in [6, 6.07) is -0.857. The van der Waals surface area contributed by atoms with Gasteiger partial charge < -0.3 is 19.8 Å². The molecule has 0 fully saturated rings. The summed E-state index contributed by atoms with van der Waals surface area (Å²) in [6.07, 6.45) is 46.9. The number of nitrogens with zero attached hydrogens (tertiary/aromatic N) is 1. The van der Waals surface area contributed by atoms with Gasteiger partial charge in [-0.3, -0.25) is 13.8 Å². The maximum Gasteiger partial charge on any atom is 0.472 e. The van der Waals surface area contributed by atoms with Crippen molar-refractivity contribution < 1.29 is 32.9 Å². The molecule has 3 unspecified atom stereocenters. The zero-order valence-electron chi connectivity index (χ0n) is 37.6. The maximum atomic E-state index is 12.8. The normalized spacial score (nSPS) is 14.5. The second-order valence-electron chi connectivity index (χ2n) is 17.5. The molecule has 3 atom stereocenters. The van der Waals surface area contributed by atoms with E-state index in [1.165, 1.54) is 161 Å². The van der Waals surface area contributed by atoms with Gasteiger partial charge in [-0.15, -0.1) is 0 Å². The number of aliphatic hydroxyl groups is 1. The molecule has 0 bridgehead atoms. The van der Waals surface area contributed by atoms with Crippen LogP contribution in [0.15, 0.2) is 24.3 Å². The minimum Gasteiger partial charge on any atom is -0.387 e. The first-order chi connectivity index (χ1) is 27.0. The number of likely N-dealkylation sites (N-methyl/N-ethyl adjacent to an activating group) is 1. The van der Waals surface area contributed by atoms with Crippen LogP contribution in [0.1, 0.15) is 219 Å². The minimum absolute atomic E-state index is 0.0582. The van der Waals surface area contributed by atoms with Crippen molar-refractivity contribution in [3.8, 4) is 0 Å². The minimum atomic E-state index is -4.34. The van der Waals surface area contributed by atoms with Crippen LogP contribution in [0.5, 0.6) is 0 Å². The molecule has 8 nitrogen and oxygen atoms in total. The molecule has 0 radical (unpaired) electrons. The molecule has 332 valence electrons. The quantitative estimate of drug-likeness (QED) is 0.0245. The third kappa shape index (κ3) is 41.2. The number of phosphoric acid groups is 1. The Hall–Kier alpha value is -1.02. The second kappa shape index (κ2) is 39.4. The smallest absolute Gasteiger partial charge is 0.387 e. The lowest BCUT2D eigenvalue weighted by atomic mass is 10.0. The number of allylic oxidation sites excluding steroid dienone is 3. The molecule has 56 heavy (non-hydrogen) atoms. The average Bonchev–Trinajstić information content (AvgIpc) is 3.15. The molecular formula is C47H94N2O6P+. The maximum absolute atomic E-state index is 12.8.